The lowest BCUT2D eigenvalue weighted by atomic mass is 10.2. The fraction of sp³-hybridized carbons (Fsp3) is 0.462. The molecule has 0 fully saturated rings. The van der Waals surface area contributed by atoms with E-state index in [-0.39, 0.29) is 0 Å². The molecule has 0 saturated carbocycles. The summed E-state index contributed by atoms with van der Waals surface area (Å²) < 4.78 is 15.9. The number of aldehydes is 1. The van der Waals surface area contributed by atoms with E-state index in [2.05, 4.69) is 0 Å². The van der Waals surface area contributed by atoms with Crippen LogP contribution in [0.3, 0.4) is 0 Å². The van der Waals surface area contributed by atoms with E-state index < -0.39 is 6.10 Å². The van der Waals surface area contributed by atoms with Gasteiger partial charge in [-0.25, -0.2) is 0 Å². The lowest BCUT2D eigenvalue weighted by molar-refractivity contribution is 0.112. The van der Waals surface area contributed by atoms with E-state index in [0.29, 0.717) is 42.1 Å². The Hall–Kier alpha value is -1.75. The number of rotatable bonds is 7. The van der Waals surface area contributed by atoms with Crippen LogP contribution in [0.4, 0.5) is 0 Å². The van der Waals surface area contributed by atoms with Gasteiger partial charge < -0.3 is 19.3 Å². The molecule has 0 aromatic heterocycles. The Balaban J connectivity index is 2.95. The van der Waals surface area contributed by atoms with Crippen molar-refractivity contribution in [1.29, 1.82) is 0 Å². The number of carbonyl (C=O) groups excluding carboxylic acids is 1. The first-order valence-corrected chi connectivity index (χ1v) is 5.64. The van der Waals surface area contributed by atoms with E-state index in [0.717, 1.165) is 0 Å². The highest BCUT2D eigenvalue weighted by Gasteiger charge is 2.14. The normalized spacial score (nSPS) is 11.8. The van der Waals surface area contributed by atoms with Crippen LogP contribution in [-0.2, 0) is 0 Å². The molecule has 5 heteroatoms. The van der Waals surface area contributed by atoms with E-state index in [1.807, 2.05) is 0 Å². The maximum atomic E-state index is 10.8. The maximum Gasteiger partial charge on any atom is 0.203 e. The van der Waals surface area contributed by atoms with Crippen LogP contribution in [0.1, 0.15) is 23.7 Å². The number of ether oxygens (including phenoxy) is 3. The van der Waals surface area contributed by atoms with Gasteiger partial charge in [0.1, 0.15) is 6.29 Å². The van der Waals surface area contributed by atoms with Crippen molar-refractivity contribution in [3.8, 4) is 17.2 Å². The molecule has 0 radical (unpaired) electrons. The first-order chi connectivity index (χ1) is 8.62. The van der Waals surface area contributed by atoms with E-state index in [1.54, 1.807) is 19.1 Å². The van der Waals surface area contributed by atoms with Crippen molar-refractivity contribution in [1.82, 2.24) is 0 Å². The summed E-state index contributed by atoms with van der Waals surface area (Å²) in [7, 11) is 2.98. The highest BCUT2D eigenvalue weighted by Crippen LogP contribution is 2.38. The zero-order valence-corrected chi connectivity index (χ0v) is 10.8. The molecule has 0 aliphatic rings. The highest BCUT2D eigenvalue weighted by atomic mass is 16.5. The fourth-order valence-electron chi connectivity index (χ4n) is 1.44. The van der Waals surface area contributed by atoms with Crippen LogP contribution in [0.5, 0.6) is 17.2 Å². The molecule has 5 nitrogen and oxygen atoms in total. The molecule has 100 valence electrons. The molecule has 1 aromatic carbocycles. The van der Waals surface area contributed by atoms with E-state index >= 15 is 0 Å². The largest absolute Gasteiger partial charge is 0.493 e. The number of aliphatic hydroxyl groups excluding tert-OH is 1. The van der Waals surface area contributed by atoms with Gasteiger partial charge in [-0.05, 0) is 19.1 Å². The van der Waals surface area contributed by atoms with Gasteiger partial charge in [0, 0.05) is 12.0 Å². The molecule has 0 amide bonds. The highest BCUT2D eigenvalue weighted by molar-refractivity contribution is 5.78. The summed E-state index contributed by atoms with van der Waals surface area (Å²) in [5, 5.41) is 9.18. The zero-order chi connectivity index (χ0) is 13.5. The Morgan fingerprint density at radius 2 is 1.83 bits per heavy atom. The molecule has 0 bridgehead atoms. The quantitative estimate of drug-likeness (QED) is 0.750. The Bertz CT molecular complexity index is 375. The van der Waals surface area contributed by atoms with E-state index in [9.17, 15) is 9.90 Å². The van der Waals surface area contributed by atoms with Gasteiger partial charge in [0.15, 0.2) is 11.5 Å². The van der Waals surface area contributed by atoms with Crippen LogP contribution in [-0.4, -0.2) is 38.3 Å². The van der Waals surface area contributed by atoms with Gasteiger partial charge in [-0.1, -0.05) is 0 Å². The summed E-state index contributed by atoms with van der Waals surface area (Å²) in [4.78, 5) is 10.8. The summed E-state index contributed by atoms with van der Waals surface area (Å²) in [6.45, 7) is 2.03. The van der Waals surface area contributed by atoms with Crippen LogP contribution < -0.4 is 14.2 Å². The van der Waals surface area contributed by atoms with Gasteiger partial charge in [0.25, 0.3) is 0 Å². The molecule has 0 saturated heterocycles. The summed E-state index contributed by atoms with van der Waals surface area (Å²) in [5.74, 6) is 1.30. The second-order valence-electron chi connectivity index (χ2n) is 3.86. The van der Waals surface area contributed by atoms with Crippen molar-refractivity contribution in [2.75, 3.05) is 20.8 Å². The Morgan fingerprint density at radius 1 is 1.28 bits per heavy atom. The van der Waals surface area contributed by atoms with Crippen molar-refractivity contribution in [3.05, 3.63) is 17.7 Å². The molecule has 0 spiro atoms. The van der Waals surface area contributed by atoms with Gasteiger partial charge in [-0.15, -0.1) is 0 Å². The number of benzene rings is 1. The lowest BCUT2D eigenvalue weighted by Gasteiger charge is -2.15. The van der Waals surface area contributed by atoms with Crippen molar-refractivity contribution in [2.45, 2.75) is 19.4 Å². The molecule has 1 atom stereocenters. The molecule has 0 aliphatic carbocycles. The van der Waals surface area contributed by atoms with Crippen LogP contribution in [0.25, 0.3) is 0 Å². The molecule has 0 heterocycles. The lowest BCUT2D eigenvalue weighted by Crippen LogP contribution is -2.09. The molecule has 0 aliphatic heterocycles. The minimum Gasteiger partial charge on any atom is -0.493 e. The van der Waals surface area contributed by atoms with Crippen molar-refractivity contribution in [3.63, 3.8) is 0 Å². The minimum absolute atomic E-state index is 0.338. The maximum absolute atomic E-state index is 10.8. The third-order valence-corrected chi connectivity index (χ3v) is 2.40. The SMILES string of the molecule is COc1cc(C=O)cc(OC)c1OCCC(C)O. The Morgan fingerprint density at radius 3 is 2.22 bits per heavy atom. The number of aliphatic hydroxyl groups is 1. The predicted octanol–water partition coefficient (Wildman–Crippen LogP) is 1.67. The van der Waals surface area contributed by atoms with Gasteiger partial charge in [0.05, 0.1) is 26.9 Å². The van der Waals surface area contributed by atoms with Gasteiger partial charge >= 0.3 is 0 Å². The van der Waals surface area contributed by atoms with E-state index in [1.165, 1.54) is 14.2 Å². The standard InChI is InChI=1S/C13H18O5/c1-9(15)4-5-18-13-11(16-2)6-10(8-14)7-12(13)17-3/h6-9,15H,4-5H2,1-3H3. The van der Waals surface area contributed by atoms with Crippen LogP contribution in [0.15, 0.2) is 12.1 Å². The molecule has 1 unspecified atom stereocenters. The second kappa shape index (κ2) is 6.86. The molecular weight excluding hydrogens is 236 g/mol. The van der Waals surface area contributed by atoms with Crippen molar-refractivity contribution >= 4 is 6.29 Å². The van der Waals surface area contributed by atoms with E-state index in [4.69, 9.17) is 14.2 Å². The van der Waals surface area contributed by atoms with Gasteiger partial charge in [-0.3, -0.25) is 4.79 Å². The molecule has 1 N–H and O–H groups in total. The summed E-state index contributed by atoms with van der Waals surface area (Å²) in [6.07, 6.45) is 0.781. The Kier molecular flexibility index (Phi) is 5.45. The van der Waals surface area contributed by atoms with Crippen molar-refractivity contribution < 1.29 is 24.1 Å². The molecule has 1 rings (SSSR count). The summed E-state index contributed by atoms with van der Waals surface area (Å²) >= 11 is 0. The monoisotopic (exact) mass is 254 g/mol. The topological polar surface area (TPSA) is 65.0 Å². The summed E-state index contributed by atoms with van der Waals surface area (Å²) in [5.41, 5.74) is 0.451. The predicted molar refractivity (Wildman–Crippen MR) is 66.7 cm³/mol. The smallest absolute Gasteiger partial charge is 0.203 e. The number of carbonyl (C=O) groups is 1. The average Bonchev–Trinajstić information content (AvgIpc) is 2.37. The minimum atomic E-state index is -0.434. The molecular formula is C13H18O5. The third-order valence-electron chi connectivity index (χ3n) is 2.40. The molecule has 1 aromatic rings. The van der Waals surface area contributed by atoms with Crippen LogP contribution in [0.2, 0.25) is 0 Å². The van der Waals surface area contributed by atoms with Crippen molar-refractivity contribution in [2.24, 2.45) is 0 Å². The number of hydrogen-bond acceptors (Lipinski definition) is 5. The first kappa shape index (κ1) is 14.3. The fourth-order valence-corrected chi connectivity index (χ4v) is 1.44. The van der Waals surface area contributed by atoms with Gasteiger partial charge in [0.2, 0.25) is 5.75 Å². The van der Waals surface area contributed by atoms with Crippen LogP contribution >= 0.6 is 0 Å². The summed E-state index contributed by atoms with van der Waals surface area (Å²) in [6, 6.07) is 3.15. The number of methoxy groups -OCH3 is 2. The van der Waals surface area contributed by atoms with Gasteiger partial charge in [-0.2, -0.15) is 0 Å². The molecule has 18 heavy (non-hydrogen) atoms. The Labute approximate surface area is 106 Å². The second-order valence-corrected chi connectivity index (χ2v) is 3.86. The number of hydrogen-bond donors (Lipinski definition) is 1. The third kappa shape index (κ3) is 3.63. The zero-order valence-electron chi connectivity index (χ0n) is 10.8. The average molecular weight is 254 g/mol. The van der Waals surface area contributed by atoms with Crippen LogP contribution in [0, 0.1) is 0 Å². The first-order valence-electron chi connectivity index (χ1n) is 5.64.